The highest BCUT2D eigenvalue weighted by molar-refractivity contribution is 14.1. The summed E-state index contributed by atoms with van der Waals surface area (Å²) in [6.07, 6.45) is 2.66. The van der Waals surface area contributed by atoms with Crippen LogP contribution >= 0.6 is 34.4 Å². The Morgan fingerprint density at radius 3 is 2.77 bits per heavy atom. The molecular formula is C10H11IOS. The molecule has 0 amide bonds. The van der Waals surface area contributed by atoms with Crippen LogP contribution in [0, 0.1) is 3.57 Å². The summed E-state index contributed by atoms with van der Waals surface area (Å²) in [5.41, 5.74) is 0.858. The molecule has 0 radical (unpaired) electrons. The number of carbonyl (C=O) groups is 1. The Hall–Kier alpha value is -0.0300. The van der Waals surface area contributed by atoms with Crippen molar-refractivity contribution >= 4 is 40.1 Å². The number of Topliss-reactive ketones (excluding diaryl/α,β-unsaturated/α-hetero) is 1. The summed E-state index contributed by atoms with van der Waals surface area (Å²) in [4.78, 5) is 11.6. The fourth-order valence-corrected chi connectivity index (χ4v) is 2.09. The van der Waals surface area contributed by atoms with E-state index in [0.29, 0.717) is 6.42 Å². The first-order valence-electron chi connectivity index (χ1n) is 4.02. The van der Waals surface area contributed by atoms with E-state index in [1.807, 2.05) is 30.5 Å². The van der Waals surface area contributed by atoms with Crippen LogP contribution in [0.25, 0.3) is 0 Å². The molecule has 0 aliphatic carbocycles. The quantitative estimate of drug-likeness (QED) is 0.627. The maximum Gasteiger partial charge on any atom is 0.164 e. The predicted molar refractivity (Wildman–Crippen MR) is 66.5 cm³/mol. The average Bonchev–Trinajstić information content (AvgIpc) is 2.15. The maximum absolute atomic E-state index is 11.6. The molecule has 0 atom stereocenters. The lowest BCUT2D eigenvalue weighted by Gasteiger charge is -2.01. The van der Waals surface area contributed by atoms with E-state index in [1.54, 1.807) is 11.8 Å². The molecule has 1 nitrogen and oxygen atoms in total. The zero-order chi connectivity index (χ0) is 9.68. The topological polar surface area (TPSA) is 17.1 Å². The van der Waals surface area contributed by atoms with Crippen molar-refractivity contribution in [2.45, 2.75) is 6.42 Å². The molecule has 0 N–H and O–H groups in total. The molecular weight excluding hydrogens is 295 g/mol. The Balaban J connectivity index is 2.71. The van der Waals surface area contributed by atoms with Gasteiger partial charge in [-0.05, 0) is 34.9 Å². The van der Waals surface area contributed by atoms with E-state index in [4.69, 9.17) is 0 Å². The van der Waals surface area contributed by atoms with E-state index < -0.39 is 0 Å². The third kappa shape index (κ3) is 3.31. The van der Waals surface area contributed by atoms with Crippen molar-refractivity contribution in [3.05, 3.63) is 33.4 Å². The molecule has 13 heavy (non-hydrogen) atoms. The molecule has 1 aromatic rings. The van der Waals surface area contributed by atoms with Crippen LogP contribution in [-0.4, -0.2) is 17.8 Å². The predicted octanol–water partition coefficient (Wildman–Crippen LogP) is 3.23. The Kier molecular flexibility index (Phi) is 4.80. The zero-order valence-corrected chi connectivity index (χ0v) is 10.4. The minimum atomic E-state index is 0.249. The van der Waals surface area contributed by atoms with Gasteiger partial charge in [0.2, 0.25) is 0 Å². The Morgan fingerprint density at radius 1 is 1.46 bits per heavy atom. The van der Waals surface area contributed by atoms with Gasteiger partial charge in [-0.2, -0.15) is 11.8 Å². The summed E-state index contributed by atoms with van der Waals surface area (Å²) in [5.74, 6) is 1.16. The van der Waals surface area contributed by atoms with Crippen molar-refractivity contribution in [3.8, 4) is 0 Å². The van der Waals surface area contributed by atoms with E-state index in [1.165, 1.54) is 0 Å². The number of rotatable bonds is 4. The molecule has 1 aromatic carbocycles. The second-order valence-corrected chi connectivity index (χ2v) is 4.79. The number of ketones is 1. The van der Waals surface area contributed by atoms with Gasteiger partial charge in [0, 0.05) is 21.3 Å². The van der Waals surface area contributed by atoms with Crippen LogP contribution in [0.4, 0.5) is 0 Å². The Morgan fingerprint density at radius 2 is 2.15 bits per heavy atom. The highest BCUT2D eigenvalue weighted by Crippen LogP contribution is 2.14. The number of halogens is 1. The maximum atomic E-state index is 11.6. The van der Waals surface area contributed by atoms with Crippen molar-refractivity contribution < 1.29 is 4.79 Å². The van der Waals surface area contributed by atoms with Crippen molar-refractivity contribution in [1.82, 2.24) is 0 Å². The van der Waals surface area contributed by atoms with Crippen LogP contribution in [0.2, 0.25) is 0 Å². The minimum absolute atomic E-state index is 0.249. The lowest BCUT2D eigenvalue weighted by molar-refractivity contribution is 0.0988. The smallest absolute Gasteiger partial charge is 0.164 e. The molecule has 0 fully saturated rings. The van der Waals surface area contributed by atoms with Crippen LogP contribution in [0.5, 0.6) is 0 Å². The third-order valence-electron chi connectivity index (χ3n) is 1.71. The van der Waals surface area contributed by atoms with Gasteiger partial charge in [0.1, 0.15) is 0 Å². The van der Waals surface area contributed by atoms with Crippen molar-refractivity contribution in [1.29, 1.82) is 0 Å². The summed E-state index contributed by atoms with van der Waals surface area (Å²) in [7, 11) is 0. The molecule has 0 aliphatic rings. The number of carbonyl (C=O) groups excluding carboxylic acids is 1. The van der Waals surface area contributed by atoms with Gasteiger partial charge in [0.25, 0.3) is 0 Å². The van der Waals surface area contributed by atoms with E-state index in [0.717, 1.165) is 14.9 Å². The molecule has 0 heterocycles. The minimum Gasteiger partial charge on any atom is -0.294 e. The van der Waals surface area contributed by atoms with E-state index in [9.17, 15) is 4.79 Å². The molecule has 0 aliphatic heterocycles. The van der Waals surface area contributed by atoms with Gasteiger partial charge in [-0.3, -0.25) is 4.79 Å². The van der Waals surface area contributed by atoms with E-state index in [2.05, 4.69) is 22.6 Å². The first-order valence-corrected chi connectivity index (χ1v) is 6.49. The molecule has 3 heteroatoms. The fourth-order valence-electron chi connectivity index (χ4n) is 1.02. The van der Waals surface area contributed by atoms with Crippen molar-refractivity contribution in [2.75, 3.05) is 12.0 Å². The monoisotopic (exact) mass is 306 g/mol. The van der Waals surface area contributed by atoms with Crippen molar-refractivity contribution in [3.63, 3.8) is 0 Å². The number of hydrogen-bond donors (Lipinski definition) is 0. The largest absolute Gasteiger partial charge is 0.294 e. The second-order valence-electron chi connectivity index (χ2n) is 2.65. The van der Waals surface area contributed by atoms with Gasteiger partial charge in [0.05, 0.1) is 0 Å². The van der Waals surface area contributed by atoms with Crippen LogP contribution in [0.1, 0.15) is 16.8 Å². The lowest BCUT2D eigenvalue weighted by atomic mass is 10.1. The number of hydrogen-bond acceptors (Lipinski definition) is 2. The lowest BCUT2D eigenvalue weighted by Crippen LogP contribution is -2.02. The zero-order valence-electron chi connectivity index (χ0n) is 7.42. The molecule has 70 valence electrons. The summed E-state index contributed by atoms with van der Waals surface area (Å²) in [6, 6.07) is 7.72. The van der Waals surface area contributed by atoms with Crippen LogP contribution in [-0.2, 0) is 0 Å². The van der Waals surface area contributed by atoms with Crippen LogP contribution in [0.3, 0.4) is 0 Å². The van der Waals surface area contributed by atoms with Gasteiger partial charge in [-0.15, -0.1) is 0 Å². The normalized spacial score (nSPS) is 10.0. The summed E-state index contributed by atoms with van der Waals surface area (Å²) in [5, 5.41) is 0. The Labute approximate surface area is 96.4 Å². The first-order chi connectivity index (χ1) is 6.25. The van der Waals surface area contributed by atoms with Crippen LogP contribution in [0.15, 0.2) is 24.3 Å². The highest BCUT2D eigenvalue weighted by atomic mass is 127. The third-order valence-corrected chi connectivity index (χ3v) is 3.26. The fraction of sp³-hybridized carbons (Fsp3) is 0.300. The number of benzene rings is 1. The van der Waals surface area contributed by atoms with E-state index in [-0.39, 0.29) is 5.78 Å². The first kappa shape index (κ1) is 11.0. The molecule has 0 spiro atoms. The second kappa shape index (κ2) is 5.65. The summed E-state index contributed by atoms with van der Waals surface area (Å²) >= 11 is 3.91. The Bertz CT molecular complexity index is 299. The summed E-state index contributed by atoms with van der Waals surface area (Å²) in [6.45, 7) is 0. The molecule has 0 bridgehead atoms. The summed E-state index contributed by atoms with van der Waals surface area (Å²) < 4.78 is 1.05. The van der Waals surface area contributed by atoms with Gasteiger partial charge in [-0.25, -0.2) is 0 Å². The van der Waals surface area contributed by atoms with Gasteiger partial charge in [0.15, 0.2) is 5.78 Å². The van der Waals surface area contributed by atoms with Gasteiger partial charge < -0.3 is 0 Å². The van der Waals surface area contributed by atoms with Gasteiger partial charge >= 0.3 is 0 Å². The standard InChI is InChI=1S/C10H11IOS/c1-13-7-6-10(12)8-4-2-3-5-9(8)11/h2-5H,6-7H2,1H3. The highest BCUT2D eigenvalue weighted by Gasteiger charge is 2.07. The SMILES string of the molecule is CSCCC(=O)c1ccccc1I. The average molecular weight is 306 g/mol. The van der Waals surface area contributed by atoms with E-state index >= 15 is 0 Å². The van der Waals surface area contributed by atoms with Gasteiger partial charge in [-0.1, -0.05) is 18.2 Å². The number of thioether (sulfide) groups is 1. The molecule has 0 aromatic heterocycles. The van der Waals surface area contributed by atoms with Crippen molar-refractivity contribution in [2.24, 2.45) is 0 Å². The molecule has 0 saturated heterocycles. The molecule has 0 unspecified atom stereocenters. The molecule has 0 saturated carbocycles. The van der Waals surface area contributed by atoms with Crippen LogP contribution < -0.4 is 0 Å². The molecule has 1 rings (SSSR count).